The molecule has 1 saturated heterocycles. The smallest absolute Gasteiger partial charge is 0.298 e. The lowest BCUT2D eigenvalue weighted by atomic mass is 9.74. The maximum Gasteiger partial charge on any atom is 0.298 e. The first-order valence-corrected chi connectivity index (χ1v) is 7.88. The number of oxazole rings is 1. The van der Waals surface area contributed by atoms with Crippen LogP contribution in [0.1, 0.15) is 18.4 Å². The number of rotatable bonds is 2. The van der Waals surface area contributed by atoms with Crippen LogP contribution < -0.4 is 4.90 Å². The van der Waals surface area contributed by atoms with Crippen molar-refractivity contribution < 1.29 is 4.42 Å². The van der Waals surface area contributed by atoms with Gasteiger partial charge in [-0.05, 0) is 30.5 Å². The third-order valence-corrected chi connectivity index (χ3v) is 4.71. The summed E-state index contributed by atoms with van der Waals surface area (Å²) in [6.45, 7) is 1.55. The first-order valence-electron chi connectivity index (χ1n) is 7.88. The van der Waals surface area contributed by atoms with E-state index in [0.717, 1.165) is 42.6 Å². The highest BCUT2D eigenvalue weighted by molar-refractivity contribution is 5.74. The zero-order valence-corrected chi connectivity index (χ0v) is 12.8. The van der Waals surface area contributed by atoms with Crippen molar-refractivity contribution in [3.63, 3.8) is 0 Å². The second kappa shape index (κ2) is 5.44. The lowest BCUT2D eigenvalue weighted by molar-refractivity contribution is 0.398. The van der Waals surface area contributed by atoms with Crippen molar-refractivity contribution in [2.24, 2.45) is 0 Å². The predicted molar refractivity (Wildman–Crippen MR) is 89.2 cm³/mol. The molecule has 0 radical (unpaired) electrons. The summed E-state index contributed by atoms with van der Waals surface area (Å²) < 4.78 is 5.85. The molecule has 1 fully saturated rings. The van der Waals surface area contributed by atoms with Gasteiger partial charge in [0.2, 0.25) is 0 Å². The number of para-hydroxylation sites is 2. The van der Waals surface area contributed by atoms with Crippen LogP contribution in [-0.2, 0) is 5.41 Å². The third-order valence-electron chi connectivity index (χ3n) is 4.71. The Hall–Kier alpha value is -2.80. The van der Waals surface area contributed by atoms with Gasteiger partial charge in [0.25, 0.3) is 6.01 Å². The zero-order valence-electron chi connectivity index (χ0n) is 12.8. The summed E-state index contributed by atoms with van der Waals surface area (Å²) in [5.74, 6) is 0. The molecular weight excluding hydrogens is 286 g/mol. The van der Waals surface area contributed by atoms with Gasteiger partial charge in [-0.25, -0.2) is 0 Å². The number of hydrogen-bond donors (Lipinski definition) is 0. The van der Waals surface area contributed by atoms with Crippen LogP contribution in [0, 0.1) is 11.3 Å². The van der Waals surface area contributed by atoms with Gasteiger partial charge in [0, 0.05) is 13.1 Å². The largest absolute Gasteiger partial charge is 0.423 e. The molecule has 2 heterocycles. The zero-order chi connectivity index (χ0) is 15.7. The highest BCUT2D eigenvalue weighted by Crippen LogP contribution is 2.36. The van der Waals surface area contributed by atoms with Crippen LogP contribution in [0.3, 0.4) is 0 Å². The van der Waals surface area contributed by atoms with Crippen molar-refractivity contribution in [3.05, 3.63) is 60.2 Å². The van der Waals surface area contributed by atoms with Gasteiger partial charge in [-0.2, -0.15) is 10.2 Å². The van der Waals surface area contributed by atoms with Crippen LogP contribution in [0.4, 0.5) is 6.01 Å². The minimum atomic E-state index is -0.399. The number of anilines is 1. The Morgan fingerprint density at radius 2 is 1.70 bits per heavy atom. The molecule has 114 valence electrons. The van der Waals surface area contributed by atoms with Gasteiger partial charge >= 0.3 is 0 Å². The molecule has 4 rings (SSSR count). The van der Waals surface area contributed by atoms with Gasteiger partial charge in [0.1, 0.15) is 5.52 Å². The van der Waals surface area contributed by atoms with Crippen LogP contribution in [0.25, 0.3) is 11.1 Å². The molecule has 0 spiro atoms. The molecule has 3 aromatic rings. The van der Waals surface area contributed by atoms with Gasteiger partial charge < -0.3 is 9.32 Å². The minimum absolute atomic E-state index is 0.399. The second-order valence-corrected chi connectivity index (χ2v) is 6.01. The van der Waals surface area contributed by atoms with Crippen molar-refractivity contribution in [1.82, 2.24) is 4.98 Å². The minimum Gasteiger partial charge on any atom is -0.423 e. The standard InChI is InChI=1S/C19H17N3O/c20-14-19(15-6-2-1-3-7-15)10-12-22(13-11-19)18-21-16-8-4-5-9-17(16)23-18/h1-9H,10-13H2. The summed E-state index contributed by atoms with van der Waals surface area (Å²) in [6, 6.07) is 21.1. The van der Waals surface area contributed by atoms with Crippen LogP contribution >= 0.6 is 0 Å². The molecule has 1 aliphatic heterocycles. The fourth-order valence-corrected chi connectivity index (χ4v) is 3.30. The molecule has 4 heteroatoms. The number of hydrogen-bond acceptors (Lipinski definition) is 4. The third kappa shape index (κ3) is 2.35. The molecule has 0 atom stereocenters. The molecule has 1 aliphatic rings. The van der Waals surface area contributed by atoms with Crippen molar-refractivity contribution >= 4 is 17.1 Å². The Morgan fingerprint density at radius 1 is 1.00 bits per heavy atom. The van der Waals surface area contributed by atoms with Crippen molar-refractivity contribution in [2.75, 3.05) is 18.0 Å². The fraction of sp³-hybridized carbons (Fsp3) is 0.263. The number of aromatic nitrogens is 1. The summed E-state index contributed by atoms with van der Waals surface area (Å²) >= 11 is 0. The lowest BCUT2D eigenvalue weighted by Crippen LogP contribution is -2.42. The van der Waals surface area contributed by atoms with E-state index >= 15 is 0 Å². The molecule has 0 unspecified atom stereocenters. The van der Waals surface area contributed by atoms with Crippen LogP contribution in [0.2, 0.25) is 0 Å². The first-order chi connectivity index (χ1) is 11.3. The Morgan fingerprint density at radius 3 is 2.39 bits per heavy atom. The topological polar surface area (TPSA) is 53.1 Å². The van der Waals surface area contributed by atoms with E-state index in [2.05, 4.69) is 28.1 Å². The van der Waals surface area contributed by atoms with Crippen molar-refractivity contribution in [2.45, 2.75) is 18.3 Å². The van der Waals surface area contributed by atoms with E-state index in [1.165, 1.54) is 0 Å². The van der Waals surface area contributed by atoms with E-state index < -0.39 is 5.41 Å². The maximum absolute atomic E-state index is 9.76. The van der Waals surface area contributed by atoms with Crippen LogP contribution in [-0.4, -0.2) is 18.1 Å². The molecule has 0 aliphatic carbocycles. The average molecular weight is 303 g/mol. The molecule has 0 bridgehead atoms. The van der Waals surface area contributed by atoms with E-state index in [1.54, 1.807) is 0 Å². The van der Waals surface area contributed by atoms with Crippen LogP contribution in [0.15, 0.2) is 59.0 Å². The van der Waals surface area contributed by atoms with E-state index in [-0.39, 0.29) is 0 Å². The molecule has 4 nitrogen and oxygen atoms in total. The van der Waals surface area contributed by atoms with Gasteiger partial charge in [0.05, 0.1) is 11.5 Å². The Kier molecular flexibility index (Phi) is 3.27. The molecule has 0 saturated carbocycles. The fourth-order valence-electron chi connectivity index (χ4n) is 3.30. The average Bonchev–Trinajstić information content (AvgIpc) is 3.06. The SMILES string of the molecule is N#CC1(c2ccccc2)CCN(c2nc3ccccc3o2)CC1. The molecule has 2 aromatic carbocycles. The monoisotopic (exact) mass is 303 g/mol. The van der Waals surface area contributed by atoms with E-state index in [0.29, 0.717) is 6.01 Å². The number of fused-ring (bicyclic) bond motifs is 1. The van der Waals surface area contributed by atoms with Gasteiger partial charge in [-0.3, -0.25) is 0 Å². The summed E-state index contributed by atoms with van der Waals surface area (Å²) in [7, 11) is 0. The Bertz CT molecular complexity index is 822. The van der Waals surface area contributed by atoms with E-state index in [1.807, 2.05) is 42.5 Å². The Labute approximate surface area is 135 Å². The maximum atomic E-state index is 9.76. The Balaban J connectivity index is 1.57. The number of nitrogens with zero attached hydrogens (tertiary/aromatic N) is 3. The number of nitriles is 1. The van der Waals surface area contributed by atoms with E-state index in [9.17, 15) is 5.26 Å². The number of benzene rings is 2. The van der Waals surface area contributed by atoms with Crippen LogP contribution in [0.5, 0.6) is 0 Å². The lowest BCUT2D eigenvalue weighted by Gasteiger charge is -2.36. The van der Waals surface area contributed by atoms with Crippen molar-refractivity contribution in [3.8, 4) is 6.07 Å². The molecule has 23 heavy (non-hydrogen) atoms. The summed E-state index contributed by atoms with van der Waals surface area (Å²) in [6.07, 6.45) is 1.57. The van der Waals surface area contributed by atoms with Crippen molar-refractivity contribution in [1.29, 1.82) is 5.26 Å². The summed E-state index contributed by atoms with van der Waals surface area (Å²) in [5.41, 5.74) is 2.40. The first kappa shape index (κ1) is 13.8. The molecule has 0 amide bonds. The van der Waals surface area contributed by atoms with E-state index in [4.69, 9.17) is 4.42 Å². The summed E-state index contributed by atoms with van der Waals surface area (Å²) in [5, 5.41) is 9.76. The number of piperidine rings is 1. The second-order valence-electron chi connectivity index (χ2n) is 6.01. The van der Waals surface area contributed by atoms with Gasteiger partial charge in [-0.15, -0.1) is 0 Å². The van der Waals surface area contributed by atoms with Gasteiger partial charge in [-0.1, -0.05) is 42.5 Å². The predicted octanol–water partition coefficient (Wildman–Crippen LogP) is 3.89. The molecule has 0 N–H and O–H groups in total. The highest BCUT2D eigenvalue weighted by atomic mass is 16.4. The quantitative estimate of drug-likeness (QED) is 0.720. The normalized spacial score (nSPS) is 17.1. The van der Waals surface area contributed by atoms with Gasteiger partial charge in [0.15, 0.2) is 5.58 Å². The molecule has 1 aromatic heterocycles. The highest BCUT2D eigenvalue weighted by Gasteiger charge is 2.37. The molecular formula is C19H17N3O. The summed E-state index contributed by atoms with van der Waals surface area (Å²) in [4.78, 5) is 6.70.